The van der Waals surface area contributed by atoms with Crippen molar-refractivity contribution < 1.29 is 0 Å². The summed E-state index contributed by atoms with van der Waals surface area (Å²) in [4.78, 5) is 0. The van der Waals surface area contributed by atoms with E-state index < -0.39 is 0 Å². The van der Waals surface area contributed by atoms with Crippen molar-refractivity contribution in [3.63, 3.8) is 0 Å². The van der Waals surface area contributed by atoms with Crippen LogP contribution >= 0.6 is 0 Å². The van der Waals surface area contributed by atoms with E-state index >= 15 is 0 Å². The van der Waals surface area contributed by atoms with Crippen LogP contribution in [0.2, 0.25) is 0 Å². The minimum atomic E-state index is 0. The zero-order valence-electron chi connectivity index (χ0n) is 4.69. The molecule has 0 N–H and O–H groups in total. The predicted molar refractivity (Wildman–Crippen MR) is 38.6 cm³/mol. The molecule has 0 aromatic rings. The number of rotatable bonds is 0. The molecule has 2 rings (SSSR count). The first kappa shape index (κ1) is 7.68. The first-order valence-corrected chi connectivity index (χ1v) is 3.45. The molecule has 2 aliphatic carbocycles. The molecule has 0 radical (unpaired) electrons. The first-order chi connectivity index (χ1) is 3.45. The first-order valence-electron chi connectivity index (χ1n) is 3.45. The van der Waals surface area contributed by atoms with Gasteiger partial charge in [-0.3, -0.25) is 0 Å². The van der Waals surface area contributed by atoms with Crippen LogP contribution < -0.4 is 0 Å². The van der Waals surface area contributed by atoms with Crippen molar-refractivity contribution in [1.82, 2.24) is 0 Å². The van der Waals surface area contributed by atoms with Crippen LogP contribution in [0.4, 0.5) is 0 Å². The molecule has 1 heteroatoms. The maximum absolute atomic E-state index is 1.58. The van der Waals surface area contributed by atoms with Gasteiger partial charge in [0.1, 0.15) is 0 Å². The van der Waals surface area contributed by atoms with Crippen molar-refractivity contribution >= 4 is 48.9 Å². The molecular weight excluding hydrogens is 221 g/mol. The van der Waals surface area contributed by atoms with Crippen LogP contribution in [0.1, 0.15) is 32.1 Å². The van der Waals surface area contributed by atoms with Crippen LogP contribution in [0, 0.1) is 11.8 Å². The van der Waals surface area contributed by atoms with Crippen molar-refractivity contribution in [3.8, 4) is 0 Å². The van der Waals surface area contributed by atoms with E-state index in [9.17, 15) is 0 Å². The van der Waals surface area contributed by atoms with Crippen LogP contribution in [0.25, 0.3) is 0 Å². The molecular formula is C7H14Ba. The molecule has 0 heterocycles. The van der Waals surface area contributed by atoms with E-state index in [0.29, 0.717) is 0 Å². The number of hydrogen-bond donors (Lipinski definition) is 0. The average Bonchev–Trinajstić information content (AvgIpc) is 2.22. The Hall–Kier alpha value is 1.57. The monoisotopic (exact) mass is 236 g/mol. The summed E-state index contributed by atoms with van der Waals surface area (Å²) in [5.74, 6) is 2.34. The zero-order valence-corrected chi connectivity index (χ0v) is 4.69. The molecule has 0 nitrogen and oxygen atoms in total. The second-order valence-electron chi connectivity index (χ2n) is 3.12. The SMILES string of the molecule is C1CC2CCC1C2.[BaH2]. The fraction of sp³-hybridized carbons (Fsp3) is 1.00. The van der Waals surface area contributed by atoms with Crippen LogP contribution in [0.3, 0.4) is 0 Å². The summed E-state index contributed by atoms with van der Waals surface area (Å²) >= 11 is 0. The fourth-order valence-electron chi connectivity index (χ4n) is 2.17. The molecule has 2 saturated carbocycles. The number of hydrogen-bond acceptors (Lipinski definition) is 0. The van der Waals surface area contributed by atoms with Gasteiger partial charge in [0.15, 0.2) is 0 Å². The van der Waals surface area contributed by atoms with Crippen molar-refractivity contribution in [2.45, 2.75) is 32.1 Å². The third kappa shape index (κ3) is 1.35. The van der Waals surface area contributed by atoms with E-state index in [1.165, 1.54) is 11.8 Å². The molecule has 44 valence electrons. The van der Waals surface area contributed by atoms with E-state index in [1.807, 2.05) is 0 Å². The summed E-state index contributed by atoms with van der Waals surface area (Å²) in [6, 6.07) is 0. The van der Waals surface area contributed by atoms with Crippen molar-refractivity contribution in [3.05, 3.63) is 0 Å². The average molecular weight is 236 g/mol. The molecule has 0 aliphatic heterocycles. The van der Waals surface area contributed by atoms with Crippen molar-refractivity contribution in [2.75, 3.05) is 0 Å². The molecule has 2 aliphatic rings. The summed E-state index contributed by atoms with van der Waals surface area (Å²) in [7, 11) is 0. The molecule has 2 bridgehead atoms. The van der Waals surface area contributed by atoms with Crippen molar-refractivity contribution in [2.24, 2.45) is 11.8 Å². The second-order valence-corrected chi connectivity index (χ2v) is 3.12. The van der Waals surface area contributed by atoms with Crippen molar-refractivity contribution in [1.29, 1.82) is 0 Å². The van der Waals surface area contributed by atoms with Gasteiger partial charge in [-0.15, -0.1) is 0 Å². The maximum atomic E-state index is 1.58. The Kier molecular flexibility index (Phi) is 2.98. The molecule has 0 atom stereocenters. The summed E-state index contributed by atoms with van der Waals surface area (Å²) in [6.45, 7) is 0. The van der Waals surface area contributed by atoms with Gasteiger partial charge in [-0.25, -0.2) is 0 Å². The van der Waals surface area contributed by atoms with Gasteiger partial charge in [-0.05, 0) is 18.3 Å². The van der Waals surface area contributed by atoms with Crippen LogP contribution in [-0.2, 0) is 0 Å². The Bertz CT molecular complexity index is 62.5. The Morgan fingerprint density at radius 3 is 1.25 bits per heavy atom. The van der Waals surface area contributed by atoms with E-state index in [0.717, 1.165) is 0 Å². The third-order valence-corrected chi connectivity index (χ3v) is 2.63. The topological polar surface area (TPSA) is 0 Å². The van der Waals surface area contributed by atoms with Gasteiger partial charge in [0.25, 0.3) is 0 Å². The summed E-state index contributed by atoms with van der Waals surface area (Å²) < 4.78 is 0. The number of fused-ring (bicyclic) bond motifs is 2. The summed E-state index contributed by atoms with van der Waals surface area (Å²) in [5, 5.41) is 0. The molecule has 0 aromatic heterocycles. The quantitative estimate of drug-likeness (QED) is 0.555. The molecule has 2 fully saturated rings. The molecule has 0 amide bonds. The van der Waals surface area contributed by atoms with E-state index in [2.05, 4.69) is 0 Å². The molecule has 0 saturated heterocycles. The molecule has 0 unspecified atom stereocenters. The van der Waals surface area contributed by atoms with Gasteiger partial charge in [0, 0.05) is 0 Å². The van der Waals surface area contributed by atoms with Gasteiger partial charge in [0.2, 0.25) is 0 Å². The Morgan fingerprint density at radius 1 is 0.750 bits per heavy atom. The predicted octanol–water partition coefficient (Wildman–Crippen LogP) is 1.28. The van der Waals surface area contributed by atoms with Gasteiger partial charge in [-0.2, -0.15) is 0 Å². The van der Waals surface area contributed by atoms with Gasteiger partial charge in [-0.1, -0.05) is 25.7 Å². The summed E-state index contributed by atoms with van der Waals surface area (Å²) in [5.41, 5.74) is 0. The van der Waals surface area contributed by atoms with Crippen LogP contribution in [-0.4, -0.2) is 48.9 Å². The van der Waals surface area contributed by atoms with Gasteiger partial charge >= 0.3 is 48.9 Å². The Morgan fingerprint density at radius 2 is 1.12 bits per heavy atom. The second kappa shape index (κ2) is 3.11. The van der Waals surface area contributed by atoms with E-state index in [-0.39, 0.29) is 48.9 Å². The minimum absolute atomic E-state index is 0. The zero-order chi connectivity index (χ0) is 4.69. The van der Waals surface area contributed by atoms with Crippen LogP contribution in [0.5, 0.6) is 0 Å². The molecule has 8 heavy (non-hydrogen) atoms. The summed E-state index contributed by atoms with van der Waals surface area (Å²) in [6.07, 6.45) is 7.82. The fourth-order valence-corrected chi connectivity index (χ4v) is 2.17. The Balaban J connectivity index is 0.000000320. The van der Waals surface area contributed by atoms with E-state index in [1.54, 1.807) is 32.1 Å². The van der Waals surface area contributed by atoms with E-state index in [4.69, 9.17) is 0 Å². The molecule has 0 spiro atoms. The Labute approximate surface area is 91.5 Å². The van der Waals surface area contributed by atoms with Gasteiger partial charge in [0.05, 0.1) is 0 Å². The molecule has 0 aromatic carbocycles. The van der Waals surface area contributed by atoms with Crippen LogP contribution in [0.15, 0.2) is 0 Å². The van der Waals surface area contributed by atoms with Gasteiger partial charge < -0.3 is 0 Å². The third-order valence-electron chi connectivity index (χ3n) is 2.63. The standard InChI is InChI=1S/C7H12.Ba.2H/c1-2-7-4-3-6(1)5-7;;;/h6-7H,1-5H2;;;. The normalized spacial score (nSPS) is 42.0.